The van der Waals surface area contributed by atoms with E-state index < -0.39 is 10.0 Å². The van der Waals surface area contributed by atoms with Crippen molar-refractivity contribution < 1.29 is 17.9 Å². The third-order valence-corrected chi connectivity index (χ3v) is 7.11. The number of methoxy groups -OCH3 is 1. The van der Waals surface area contributed by atoms with Gasteiger partial charge in [-0.15, -0.1) is 11.3 Å². The summed E-state index contributed by atoms with van der Waals surface area (Å²) in [6, 6.07) is 6.85. The zero-order valence-corrected chi connectivity index (χ0v) is 19.1. The number of carbonyl (C=O) groups is 1. The monoisotopic (exact) mass is 436 g/mol. The van der Waals surface area contributed by atoms with Crippen molar-refractivity contribution >= 4 is 38.6 Å². The number of thiophene rings is 1. The van der Waals surface area contributed by atoms with Crippen molar-refractivity contribution in [3.8, 4) is 5.75 Å². The number of fused-ring (bicyclic) bond motifs is 1. The smallest absolute Gasteiger partial charge is 0.265 e. The number of hydrogen-bond donors (Lipinski definition) is 2. The normalized spacial score (nSPS) is 16.8. The van der Waals surface area contributed by atoms with Crippen molar-refractivity contribution in [1.29, 1.82) is 0 Å². The van der Waals surface area contributed by atoms with Crippen LogP contribution in [-0.4, -0.2) is 27.7 Å². The van der Waals surface area contributed by atoms with Gasteiger partial charge in [-0.05, 0) is 54.4 Å². The molecular weight excluding hydrogens is 408 g/mol. The van der Waals surface area contributed by atoms with E-state index in [1.54, 1.807) is 29.5 Å². The zero-order chi connectivity index (χ0) is 21.4. The molecule has 2 N–H and O–H groups in total. The van der Waals surface area contributed by atoms with Crippen LogP contribution in [0.25, 0.3) is 0 Å². The third-order valence-electron chi connectivity index (χ3n) is 5.29. The molecule has 1 aromatic heterocycles. The number of anilines is 2. The van der Waals surface area contributed by atoms with Crippen molar-refractivity contribution in [2.75, 3.05) is 23.4 Å². The number of hydrogen-bond acceptors (Lipinski definition) is 5. The van der Waals surface area contributed by atoms with E-state index in [0.717, 1.165) is 25.5 Å². The van der Waals surface area contributed by atoms with Gasteiger partial charge in [-0.3, -0.25) is 9.52 Å². The Balaban J connectivity index is 1.75. The Labute approximate surface area is 176 Å². The molecule has 1 unspecified atom stereocenters. The maximum absolute atomic E-state index is 12.8. The second-order valence-corrected chi connectivity index (χ2v) is 11.5. The first-order chi connectivity index (χ1) is 13.5. The molecule has 1 heterocycles. The Hall–Kier alpha value is -2.06. The van der Waals surface area contributed by atoms with Gasteiger partial charge < -0.3 is 10.1 Å². The highest BCUT2D eigenvalue weighted by atomic mass is 32.2. The van der Waals surface area contributed by atoms with Gasteiger partial charge in [-0.2, -0.15) is 0 Å². The van der Waals surface area contributed by atoms with Crippen LogP contribution in [0.2, 0.25) is 0 Å². The molecule has 0 fully saturated rings. The molecule has 1 aliphatic carbocycles. The van der Waals surface area contributed by atoms with E-state index in [-0.39, 0.29) is 11.3 Å². The highest BCUT2D eigenvalue weighted by molar-refractivity contribution is 7.92. The summed E-state index contributed by atoms with van der Waals surface area (Å²) >= 11 is 1.56. The van der Waals surface area contributed by atoms with E-state index in [4.69, 9.17) is 4.74 Å². The molecule has 0 saturated heterocycles. The van der Waals surface area contributed by atoms with E-state index in [1.165, 1.54) is 17.6 Å². The van der Waals surface area contributed by atoms with E-state index in [1.807, 2.05) is 6.07 Å². The van der Waals surface area contributed by atoms with Gasteiger partial charge in [0.2, 0.25) is 10.0 Å². The Kier molecular flexibility index (Phi) is 5.96. The molecule has 158 valence electrons. The van der Waals surface area contributed by atoms with Crippen LogP contribution in [0.1, 0.15) is 47.3 Å². The van der Waals surface area contributed by atoms with Gasteiger partial charge in [0.1, 0.15) is 5.75 Å². The molecule has 1 aliphatic rings. The van der Waals surface area contributed by atoms with Gasteiger partial charge in [0.25, 0.3) is 5.91 Å². The lowest BCUT2D eigenvalue weighted by atomic mass is 9.72. The van der Waals surface area contributed by atoms with Crippen LogP contribution in [0.4, 0.5) is 11.4 Å². The molecule has 1 atom stereocenters. The molecule has 2 aromatic rings. The second-order valence-electron chi connectivity index (χ2n) is 8.61. The van der Waals surface area contributed by atoms with Crippen LogP contribution in [0.15, 0.2) is 24.3 Å². The molecule has 6 nitrogen and oxygen atoms in total. The predicted molar refractivity (Wildman–Crippen MR) is 119 cm³/mol. The number of nitrogens with one attached hydrogen (secondary N) is 2. The number of aryl methyl sites for hydroxylation is 1. The minimum absolute atomic E-state index is 0.164. The molecule has 0 radical (unpaired) electrons. The molecule has 0 spiro atoms. The van der Waals surface area contributed by atoms with Gasteiger partial charge in [0, 0.05) is 16.6 Å². The fraction of sp³-hybridized carbons (Fsp3) is 0.476. The minimum atomic E-state index is -3.42. The lowest BCUT2D eigenvalue weighted by molar-refractivity contribution is 0.103. The Morgan fingerprint density at radius 1 is 1.24 bits per heavy atom. The summed E-state index contributed by atoms with van der Waals surface area (Å²) in [4.78, 5) is 14.8. The minimum Gasteiger partial charge on any atom is -0.494 e. The Morgan fingerprint density at radius 3 is 2.59 bits per heavy atom. The number of carbonyl (C=O) groups excluding carboxylic acids is 1. The van der Waals surface area contributed by atoms with Crippen molar-refractivity contribution in [2.45, 2.75) is 40.0 Å². The van der Waals surface area contributed by atoms with Crippen LogP contribution in [-0.2, 0) is 22.9 Å². The summed E-state index contributed by atoms with van der Waals surface area (Å²) in [5, 5.41) is 2.89. The fourth-order valence-electron chi connectivity index (χ4n) is 3.62. The zero-order valence-electron chi connectivity index (χ0n) is 17.5. The van der Waals surface area contributed by atoms with Gasteiger partial charge in [-0.1, -0.05) is 20.8 Å². The Bertz CT molecular complexity index is 1020. The molecular formula is C21H28N2O4S2. The van der Waals surface area contributed by atoms with Gasteiger partial charge in [0.05, 0.1) is 23.9 Å². The SMILES string of the molecule is COc1cc(NC(=O)c2cc3c(s2)CCC(C(C)(C)C)C3)ccc1NS(C)(=O)=O. The van der Waals surface area contributed by atoms with Crippen LogP contribution in [0.5, 0.6) is 5.75 Å². The first-order valence-electron chi connectivity index (χ1n) is 9.55. The van der Waals surface area contributed by atoms with E-state index in [0.29, 0.717) is 27.9 Å². The van der Waals surface area contributed by atoms with Crippen LogP contribution in [0, 0.1) is 11.3 Å². The maximum Gasteiger partial charge on any atom is 0.265 e. The molecule has 1 aromatic carbocycles. The predicted octanol–water partition coefficient (Wildman–Crippen LogP) is 4.53. The summed E-state index contributed by atoms with van der Waals surface area (Å²) in [6.07, 6.45) is 4.27. The summed E-state index contributed by atoms with van der Waals surface area (Å²) in [5.41, 5.74) is 2.43. The number of amides is 1. The fourth-order valence-corrected chi connectivity index (χ4v) is 5.29. The summed E-state index contributed by atoms with van der Waals surface area (Å²) in [7, 11) is -1.97. The lowest BCUT2D eigenvalue weighted by Crippen LogP contribution is -2.26. The number of ether oxygens (including phenoxy) is 1. The van der Waals surface area contributed by atoms with Crippen molar-refractivity contribution in [3.05, 3.63) is 39.6 Å². The average Bonchev–Trinajstić information content (AvgIpc) is 3.04. The van der Waals surface area contributed by atoms with E-state index in [9.17, 15) is 13.2 Å². The summed E-state index contributed by atoms with van der Waals surface area (Å²) in [5.74, 6) is 0.800. The molecule has 29 heavy (non-hydrogen) atoms. The first kappa shape index (κ1) is 21.6. The molecule has 3 rings (SSSR count). The molecule has 0 saturated carbocycles. The largest absolute Gasteiger partial charge is 0.494 e. The average molecular weight is 437 g/mol. The van der Waals surface area contributed by atoms with E-state index in [2.05, 4.69) is 30.8 Å². The van der Waals surface area contributed by atoms with Crippen LogP contribution < -0.4 is 14.8 Å². The molecule has 1 amide bonds. The first-order valence-corrected chi connectivity index (χ1v) is 12.3. The standard InChI is InChI=1S/C21H28N2O4S2/c1-21(2,3)14-6-9-18-13(10-14)11-19(28-18)20(24)22-15-7-8-16(17(12-15)27-4)23-29(5,25)26/h7-8,11-12,14,23H,6,9-10H2,1-5H3,(H,22,24). The quantitative estimate of drug-likeness (QED) is 0.721. The highest BCUT2D eigenvalue weighted by Gasteiger charge is 2.30. The number of benzene rings is 1. The summed E-state index contributed by atoms with van der Waals surface area (Å²) in [6.45, 7) is 6.83. The maximum atomic E-state index is 12.8. The van der Waals surface area contributed by atoms with Crippen molar-refractivity contribution in [3.63, 3.8) is 0 Å². The Morgan fingerprint density at radius 2 is 1.97 bits per heavy atom. The molecule has 8 heteroatoms. The van der Waals surface area contributed by atoms with Crippen molar-refractivity contribution in [2.24, 2.45) is 11.3 Å². The van der Waals surface area contributed by atoms with Gasteiger partial charge >= 0.3 is 0 Å². The van der Waals surface area contributed by atoms with Gasteiger partial charge in [-0.25, -0.2) is 8.42 Å². The second kappa shape index (κ2) is 7.99. The third kappa shape index (κ3) is 5.30. The molecule has 0 bridgehead atoms. The van der Waals surface area contributed by atoms with E-state index >= 15 is 0 Å². The van der Waals surface area contributed by atoms with Crippen LogP contribution in [0.3, 0.4) is 0 Å². The van der Waals surface area contributed by atoms with Gasteiger partial charge in [0.15, 0.2) is 0 Å². The van der Waals surface area contributed by atoms with Crippen molar-refractivity contribution in [1.82, 2.24) is 0 Å². The van der Waals surface area contributed by atoms with Crippen LogP contribution >= 0.6 is 11.3 Å². The summed E-state index contributed by atoms with van der Waals surface area (Å²) < 4.78 is 30.6. The number of rotatable bonds is 5. The lowest BCUT2D eigenvalue weighted by Gasteiger charge is -2.33. The number of sulfonamides is 1. The highest BCUT2D eigenvalue weighted by Crippen LogP contribution is 2.40. The molecule has 0 aliphatic heterocycles. The topological polar surface area (TPSA) is 84.5 Å².